The average molecular weight is 288 g/mol. The number of rotatable bonds is 3. The van der Waals surface area contributed by atoms with Crippen LogP contribution in [-0.4, -0.2) is 17.0 Å². The monoisotopic (exact) mass is 287 g/mol. The number of aliphatic carboxylic acids is 1. The SMILES string of the molecule is O=C(O)/C=C/C(=O)Nc1ccc(Br)cc1F. The number of carbonyl (C=O) groups is 2. The van der Waals surface area contributed by atoms with Crippen molar-refractivity contribution in [1.29, 1.82) is 0 Å². The lowest BCUT2D eigenvalue weighted by Crippen LogP contribution is -2.09. The lowest BCUT2D eigenvalue weighted by atomic mass is 10.3. The van der Waals surface area contributed by atoms with Crippen molar-refractivity contribution in [1.82, 2.24) is 0 Å². The van der Waals surface area contributed by atoms with Gasteiger partial charge in [-0.25, -0.2) is 9.18 Å². The van der Waals surface area contributed by atoms with Crippen LogP contribution in [0.2, 0.25) is 0 Å². The standard InChI is InChI=1S/C10H7BrFNO3/c11-6-1-2-8(7(12)5-6)13-9(14)3-4-10(15)16/h1-5H,(H,13,14)(H,15,16)/b4-3+. The van der Waals surface area contributed by atoms with Gasteiger partial charge >= 0.3 is 5.97 Å². The Morgan fingerprint density at radius 1 is 1.38 bits per heavy atom. The number of carbonyl (C=O) groups excluding carboxylic acids is 1. The normalized spacial score (nSPS) is 10.4. The summed E-state index contributed by atoms with van der Waals surface area (Å²) in [5, 5.41) is 10.5. The van der Waals surface area contributed by atoms with Gasteiger partial charge in [-0.05, 0) is 18.2 Å². The molecule has 84 valence electrons. The Balaban J connectivity index is 2.73. The Labute approximate surface area is 98.9 Å². The van der Waals surface area contributed by atoms with Crippen LogP contribution in [0.1, 0.15) is 0 Å². The van der Waals surface area contributed by atoms with Gasteiger partial charge in [-0.15, -0.1) is 0 Å². The molecule has 0 spiro atoms. The van der Waals surface area contributed by atoms with Crippen molar-refractivity contribution >= 4 is 33.5 Å². The van der Waals surface area contributed by atoms with Gasteiger partial charge in [0.25, 0.3) is 0 Å². The molecule has 0 aliphatic heterocycles. The van der Waals surface area contributed by atoms with Crippen LogP contribution in [0, 0.1) is 5.82 Å². The Bertz CT molecular complexity index is 459. The van der Waals surface area contributed by atoms with E-state index in [1.54, 1.807) is 6.07 Å². The predicted molar refractivity (Wildman–Crippen MR) is 59.5 cm³/mol. The van der Waals surface area contributed by atoms with Gasteiger partial charge in [-0.1, -0.05) is 15.9 Å². The van der Waals surface area contributed by atoms with Crippen LogP contribution in [0.3, 0.4) is 0 Å². The summed E-state index contributed by atoms with van der Waals surface area (Å²) in [6.45, 7) is 0. The molecule has 1 aromatic carbocycles. The van der Waals surface area contributed by atoms with E-state index in [0.29, 0.717) is 10.5 Å². The first-order valence-electron chi connectivity index (χ1n) is 4.16. The van der Waals surface area contributed by atoms with Gasteiger partial charge in [0, 0.05) is 16.6 Å². The summed E-state index contributed by atoms with van der Waals surface area (Å²) in [4.78, 5) is 21.2. The Kier molecular flexibility index (Phi) is 4.19. The maximum absolute atomic E-state index is 13.2. The molecule has 0 saturated carbocycles. The van der Waals surface area contributed by atoms with Crippen molar-refractivity contribution in [2.45, 2.75) is 0 Å². The fourth-order valence-corrected chi connectivity index (χ4v) is 1.25. The Hall–Kier alpha value is -1.69. The minimum absolute atomic E-state index is 0.0109. The zero-order valence-corrected chi connectivity index (χ0v) is 9.49. The molecule has 2 N–H and O–H groups in total. The molecule has 0 saturated heterocycles. The molecule has 1 aromatic rings. The molecule has 16 heavy (non-hydrogen) atoms. The summed E-state index contributed by atoms with van der Waals surface area (Å²) in [5.41, 5.74) is -0.0109. The molecule has 0 radical (unpaired) electrons. The third kappa shape index (κ3) is 3.82. The molecule has 4 nitrogen and oxygen atoms in total. The number of amides is 1. The van der Waals surface area contributed by atoms with E-state index < -0.39 is 17.7 Å². The highest BCUT2D eigenvalue weighted by molar-refractivity contribution is 9.10. The van der Waals surface area contributed by atoms with Crippen molar-refractivity contribution in [2.75, 3.05) is 5.32 Å². The van der Waals surface area contributed by atoms with Gasteiger partial charge in [-0.3, -0.25) is 4.79 Å². The maximum atomic E-state index is 13.2. The summed E-state index contributed by atoms with van der Waals surface area (Å²) in [7, 11) is 0. The van der Waals surface area contributed by atoms with Gasteiger partial charge in [0.2, 0.25) is 5.91 Å². The molecular weight excluding hydrogens is 281 g/mol. The van der Waals surface area contributed by atoms with Crippen molar-refractivity contribution in [3.63, 3.8) is 0 Å². The van der Waals surface area contributed by atoms with Crippen LogP contribution < -0.4 is 5.32 Å². The third-order valence-corrected chi connectivity index (χ3v) is 2.06. The number of hydrogen-bond donors (Lipinski definition) is 2. The predicted octanol–water partition coefficient (Wildman–Crippen LogP) is 2.17. The number of benzene rings is 1. The Morgan fingerprint density at radius 3 is 2.62 bits per heavy atom. The van der Waals surface area contributed by atoms with Crippen LogP contribution >= 0.6 is 15.9 Å². The third-order valence-electron chi connectivity index (χ3n) is 1.57. The zero-order chi connectivity index (χ0) is 12.1. The smallest absolute Gasteiger partial charge is 0.328 e. The topological polar surface area (TPSA) is 66.4 Å². The molecule has 0 atom stereocenters. The largest absolute Gasteiger partial charge is 0.478 e. The summed E-state index contributed by atoms with van der Waals surface area (Å²) >= 11 is 3.07. The van der Waals surface area contributed by atoms with Crippen molar-refractivity contribution in [3.8, 4) is 0 Å². The van der Waals surface area contributed by atoms with Crippen molar-refractivity contribution < 1.29 is 19.1 Å². The zero-order valence-electron chi connectivity index (χ0n) is 7.91. The summed E-state index contributed by atoms with van der Waals surface area (Å²) in [6.07, 6.45) is 1.48. The number of carboxylic acid groups (broad SMARTS) is 1. The van der Waals surface area contributed by atoms with Crippen LogP contribution in [0.5, 0.6) is 0 Å². The van der Waals surface area contributed by atoms with Crippen molar-refractivity contribution in [2.24, 2.45) is 0 Å². The van der Waals surface area contributed by atoms with Crippen LogP contribution in [-0.2, 0) is 9.59 Å². The highest BCUT2D eigenvalue weighted by Gasteiger charge is 2.05. The quantitative estimate of drug-likeness (QED) is 0.838. The Morgan fingerprint density at radius 2 is 2.06 bits per heavy atom. The maximum Gasteiger partial charge on any atom is 0.328 e. The molecule has 0 aromatic heterocycles. The van der Waals surface area contributed by atoms with E-state index in [4.69, 9.17) is 5.11 Å². The fraction of sp³-hybridized carbons (Fsp3) is 0. The van der Waals surface area contributed by atoms with Crippen LogP contribution in [0.15, 0.2) is 34.8 Å². The first-order valence-corrected chi connectivity index (χ1v) is 4.95. The van der Waals surface area contributed by atoms with E-state index in [9.17, 15) is 14.0 Å². The molecule has 1 rings (SSSR count). The second kappa shape index (κ2) is 5.41. The fourth-order valence-electron chi connectivity index (χ4n) is 0.912. The molecule has 0 fully saturated rings. The summed E-state index contributed by atoms with van der Waals surface area (Å²) in [5.74, 6) is -2.55. The van der Waals surface area contributed by atoms with Crippen LogP contribution in [0.25, 0.3) is 0 Å². The number of halogens is 2. The van der Waals surface area contributed by atoms with E-state index in [1.165, 1.54) is 12.1 Å². The number of nitrogens with one attached hydrogen (secondary N) is 1. The average Bonchev–Trinajstić information content (AvgIpc) is 2.19. The molecule has 0 bridgehead atoms. The molecule has 0 unspecified atom stereocenters. The highest BCUT2D eigenvalue weighted by atomic mass is 79.9. The van der Waals surface area contributed by atoms with Gasteiger partial charge in [0.05, 0.1) is 5.69 Å². The molecule has 0 heterocycles. The van der Waals surface area contributed by atoms with Gasteiger partial charge in [-0.2, -0.15) is 0 Å². The minimum atomic E-state index is -1.24. The molecular formula is C10H7BrFNO3. The minimum Gasteiger partial charge on any atom is -0.478 e. The highest BCUT2D eigenvalue weighted by Crippen LogP contribution is 2.19. The van der Waals surface area contributed by atoms with E-state index >= 15 is 0 Å². The van der Waals surface area contributed by atoms with Crippen LogP contribution in [0.4, 0.5) is 10.1 Å². The lowest BCUT2D eigenvalue weighted by molar-refractivity contribution is -0.131. The van der Waals surface area contributed by atoms with Crippen molar-refractivity contribution in [3.05, 3.63) is 40.6 Å². The van der Waals surface area contributed by atoms with E-state index in [1.807, 2.05) is 0 Å². The number of hydrogen-bond acceptors (Lipinski definition) is 2. The van der Waals surface area contributed by atoms with Gasteiger partial charge in [0.1, 0.15) is 5.82 Å². The molecule has 6 heteroatoms. The van der Waals surface area contributed by atoms with E-state index in [-0.39, 0.29) is 5.69 Å². The van der Waals surface area contributed by atoms with Gasteiger partial charge < -0.3 is 10.4 Å². The van der Waals surface area contributed by atoms with E-state index in [0.717, 1.165) is 6.08 Å². The molecule has 1 amide bonds. The number of anilines is 1. The summed E-state index contributed by atoms with van der Waals surface area (Å²) in [6, 6.07) is 4.11. The summed E-state index contributed by atoms with van der Waals surface area (Å²) < 4.78 is 13.8. The number of carboxylic acids is 1. The molecule has 0 aliphatic carbocycles. The first kappa shape index (κ1) is 12.4. The molecule has 0 aliphatic rings. The lowest BCUT2D eigenvalue weighted by Gasteiger charge is -2.03. The van der Waals surface area contributed by atoms with E-state index in [2.05, 4.69) is 21.2 Å². The second-order valence-corrected chi connectivity index (χ2v) is 3.70. The first-order chi connectivity index (χ1) is 7.49. The second-order valence-electron chi connectivity index (χ2n) is 2.78. The van der Waals surface area contributed by atoms with Gasteiger partial charge in [0.15, 0.2) is 0 Å².